The molecular formula is C31H24N4O2S2. The Bertz CT molecular complexity index is 1580. The van der Waals surface area contributed by atoms with Crippen LogP contribution in [0.5, 0.6) is 0 Å². The van der Waals surface area contributed by atoms with Crippen LogP contribution in [0.1, 0.15) is 11.1 Å². The molecule has 2 amide bonds. The van der Waals surface area contributed by atoms with Gasteiger partial charge in [0.25, 0.3) is 11.8 Å². The Kier molecular flexibility index (Phi) is 6.72. The summed E-state index contributed by atoms with van der Waals surface area (Å²) < 4.78 is -1.09. The van der Waals surface area contributed by atoms with Crippen molar-refractivity contribution in [2.45, 2.75) is 11.3 Å². The topological polar surface area (TPSA) is 65.0 Å². The maximum Gasteiger partial charge on any atom is 0.282 e. The Morgan fingerprint density at radius 2 is 1.41 bits per heavy atom. The molecule has 0 radical (unpaired) electrons. The Balaban J connectivity index is 1.47. The number of benzene rings is 4. The lowest BCUT2D eigenvalue weighted by atomic mass is 10.2. The number of thioether (sulfide) groups is 2. The number of para-hydroxylation sites is 2. The van der Waals surface area contributed by atoms with Gasteiger partial charge in [0.2, 0.25) is 4.33 Å². The van der Waals surface area contributed by atoms with Gasteiger partial charge in [0.15, 0.2) is 5.04 Å². The van der Waals surface area contributed by atoms with E-state index < -0.39 is 4.33 Å². The number of hydrazone groups is 1. The average molecular weight is 549 g/mol. The Morgan fingerprint density at radius 3 is 2.08 bits per heavy atom. The summed E-state index contributed by atoms with van der Waals surface area (Å²) in [4.78, 5) is 29.9. The van der Waals surface area contributed by atoms with E-state index in [0.717, 1.165) is 22.5 Å². The van der Waals surface area contributed by atoms with E-state index in [1.165, 1.54) is 23.5 Å². The predicted molar refractivity (Wildman–Crippen MR) is 162 cm³/mol. The number of aryl methyl sites for hydroxylation is 1. The zero-order chi connectivity index (χ0) is 26.8. The highest BCUT2D eigenvalue weighted by Crippen LogP contribution is 2.59. The number of carbonyl (C=O) groups excluding carboxylic acids is 2. The first-order valence-corrected chi connectivity index (χ1v) is 14.0. The van der Waals surface area contributed by atoms with Gasteiger partial charge < -0.3 is 5.32 Å². The van der Waals surface area contributed by atoms with Crippen LogP contribution < -0.4 is 15.2 Å². The Labute approximate surface area is 235 Å². The van der Waals surface area contributed by atoms with E-state index in [9.17, 15) is 9.59 Å². The molecule has 6 rings (SSSR count). The van der Waals surface area contributed by atoms with E-state index >= 15 is 0 Å². The standard InChI is InChI=1S/C31H24N4O2S2/c1-22-17-19-26(20-18-22)35-31(39-29(33-35)28(36)32-24-13-7-3-8-14-24)34(25-15-9-4-10-16-25)30(37)27(38-31)21-23-11-5-2-6-12-23/h2-21H,1H3,(H,32,36)/b27-21-/t31-/m1/s1. The van der Waals surface area contributed by atoms with Gasteiger partial charge in [0.1, 0.15) is 0 Å². The number of carbonyl (C=O) groups is 2. The maximum atomic E-state index is 14.1. The fraction of sp³-hybridized carbons (Fsp3) is 0.0645. The van der Waals surface area contributed by atoms with Gasteiger partial charge in [-0.2, -0.15) is 5.10 Å². The van der Waals surface area contributed by atoms with Gasteiger partial charge in [-0.15, -0.1) is 0 Å². The molecule has 1 N–H and O–H groups in total. The summed E-state index contributed by atoms with van der Waals surface area (Å²) in [5.74, 6) is -0.485. The number of hydrogen-bond acceptors (Lipinski definition) is 6. The summed E-state index contributed by atoms with van der Waals surface area (Å²) >= 11 is 2.66. The minimum Gasteiger partial charge on any atom is -0.320 e. The zero-order valence-electron chi connectivity index (χ0n) is 21.0. The van der Waals surface area contributed by atoms with Gasteiger partial charge in [0.05, 0.1) is 10.6 Å². The van der Waals surface area contributed by atoms with Crippen molar-refractivity contribution in [3.8, 4) is 0 Å². The molecule has 2 heterocycles. The minimum absolute atomic E-state index is 0.153. The van der Waals surface area contributed by atoms with Crippen LogP contribution in [-0.4, -0.2) is 21.2 Å². The third-order valence-electron chi connectivity index (χ3n) is 6.24. The quantitative estimate of drug-likeness (QED) is 0.274. The minimum atomic E-state index is -1.09. The van der Waals surface area contributed by atoms with Crippen LogP contribution >= 0.6 is 23.5 Å². The van der Waals surface area contributed by atoms with Crippen LogP contribution in [-0.2, 0) is 9.59 Å². The second kappa shape index (κ2) is 10.5. The van der Waals surface area contributed by atoms with E-state index in [0.29, 0.717) is 10.6 Å². The molecule has 1 spiro atoms. The number of anilines is 3. The predicted octanol–water partition coefficient (Wildman–Crippen LogP) is 6.93. The zero-order valence-corrected chi connectivity index (χ0v) is 22.7. The van der Waals surface area contributed by atoms with Gasteiger partial charge in [0, 0.05) is 11.4 Å². The molecule has 1 atom stereocenters. The van der Waals surface area contributed by atoms with Crippen molar-refractivity contribution in [1.82, 2.24) is 0 Å². The average Bonchev–Trinajstić information content (AvgIpc) is 3.47. The monoisotopic (exact) mass is 548 g/mol. The highest BCUT2D eigenvalue weighted by molar-refractivity contribution is 8.29. The molecule has 2 aliphatic heterocycles. The summed E-state index contributed by atoms with van der Waals surface area (Å²) in [6, 6.07) is 36.5. The number of hydrogen-bond donors (Lipinski definition) is 1. The fourth-order valence-electron chi connectivity index (χ4n) is 4.37. The van der Waals surface area contributed by atoms with Crippen molar-refractivity contribution in [2.75, 3.05) is 15.2 Å². The number of nitrogens with one attached hydrogen (secondary N) is 1. The first kappa shape index (κ1) is 25.0. The van der Waals surface area contributed by atoms with Crippen LogP contribution in [0, 0.1) is 6.92 Å². The molecule has 4 aromatic rings. The molecule has 2 aliphatic rings. The second-order valence-corrected chi connectivity index (χ2v) is 11.7. The maximum absolute atomic E-state index is 14.1. The van der Waals surface area contributed by atoms with Crippen molar-refractivity contribution < 1.29 is 9.59 Å². The normalized spacial score (nSPS) is 19.6. The summed E-state index contributed by atoms with van der Waals surface area (Å²) in [6.07, 6.45) is 1.90. The van der Waals surface area contributed by atoms with Crippen molar-refractivity contribution in [3.05, 3.63) is 131 Å². The van der Waals surface area contributed by atoms with E-state index in [1.54, 1.807) is 9.91 Å². The van der Waals surface area contributed by atoms with E-state index in [1.807, 2.05) is 128 Å². The molecule has 39 heavy (non-hydrogen) atoms. The van der Waals surface area contributed by atoms with Crippen LogP contribution in [0.3, 0.4) is 0 Å². The van der Waals surface area contributed by atoms with E-state index in [4.69, 9.17) is 5.10 Å². The molecule has 1 fully saturated rings. The lowest BCUT2D eigenvalue weighted by Gasteiger charge is -2.38. The first-order chi connectivity index (χ1) is 19.0. The third-order valence-corrected chi connectivity index (χ3v) is 8.96. The lowest BCUT2D eigenvalue weighted by molar-refractivity contribution is -0.114. The molecule has 8 heteroatoms. The van der Waals surface area contributed by atoms with Crippen LogP contribution in [0.15, 0.2) is 125 Å². The second-order valence-electron chi connectivity index (χ2n) is 9.02. The summed E-state index contributed by atoms with van der Waals surface area (Å²) in [5, 5.41) is 9.83. The van der Waals surface area contributed by atoms with Gasteiger partial charge >= 0.3 is 0 Å². The van der Waals surface area contributed by atoms with E-state index in [2.05, 4.69) is 5.32 Å². The highest BCUT2D eigenvalue weighted by Gasteiger charge is 2.60. The largest absolute Gasteiger partial charge is 0.320 e. The van der Waals surface area contributed by atoms with Crippen LogP contribution in [0.2, 0.25) is 0 Å². The van der Waals surface area contributed by atoms with Gasteiger partial charge in [-0.05, 0) is 66.7 Å². The van der Waals surface area contributed by atoms with Crippen molar-refractivity contribution >= 4 is 63.5 Å². The molecule has 0 unspecified atom stereocenters. The van der Waals surface area contributed by atoms with Crippen molar-refractivity contribution in [2.24, 2.45) is 5.10 Å². The van der Waals surface area contributed by atoms with Crippen LogP contribution in [0.25, 0.3) is 6.08 Å². The van der Waals surface area contributed by atoms with Gasteiger partial charge in [-0.1, -0.05) is 96.2 Å². The molecule has 0 saturated carbocycles. The SMILES string of the molecule is Cc1ccc(N2N=C(C(=O)Nc3ccccc3)S[C@@]23S/C(=C\c2ccccc2)C(=O)N3c2ccccc2)cc1. The summed E-state index contributed by atoms with van der Waals surface area (Å²) in [6.45, 7) is 2.02. The number of nitrogens with zero attached hydrogens (tertiary/aromatic N) is 3. The first-order valence-electron chi connectivity index (χ1n) is 12.4. The number of amides is 2. The molecular weight excluding hydrogens is 525 g/mol. The van der Waals surface area contributed by atoms with Crippen molar-refractivity contribution in [3.63, 3.8) is 0 Å². The number of rotatable bonds is 5. The molecule has 4 aromatic carbocycles. The van der Waals surface area contributed by atoms with Crippen molar-refractivity contribution in [1.29, 1.82) is 0 Å². The molecule has 0 bridgehead atoms. The highest BCUT2D eigenvalue weighted by atomic mass is 32.2. The summed E-state index contributed by atoms with van der Waals surface area (Å²) in [7, 11) is 0. The molecule has 6 nitrogen and oxygen atoms in total. The summed E-state index contributed by atoms with van der Waals surface area (Å²) in [5.41, 5.74) is 4.19. The van der Waals surface area contributed by atoms with E-state index in [-0.39, 0.29) is 16.9 Å². The Morgan fingerprint density at radius 1 is 0.795 bits per heavy atom. The smallest absolute Gasteiger partial charge is 0.282 e. The molecule has 192 valence electrons. The molecule has 1 saturated heterocycles. The van der Waals surface area contributed by atoms with Gasteiger partial charge in [-0.25, -0.2) is 5.01 Å². The molecule has 0 aromatic heterocycles. The van der Waals surface area contributed by atoms with Crippen LogP contribution in [0.4, 0.5) is 17.1 Å². The Hall–Kier alpha value is -4.27. The lowest BCUT2D eigenvalue weighted by Crippen LogP contribution is -2.51. The molecule has 0 aliphatic carbocycles. The third kappa shape index (κ3) is 4.84. The van der Waals surface area contributed by atoms with Gasteiger partial charge in [-0.3, -0.25) is 14.5 Å². The fourth-order valence-corrected chi connectivity index (χ4v) is 7.25.